The molecule has 2 fully saturated rings. The van der Waals surface area contributed by atoms with Crippen LogP contribution < -0.4 is 30.4 Å². The van der Waals surface area contributed by atoms with E-state index in [-0.39, 0.29) is 48.4 Å². The monoisotopic (exact) mass is 1130 g/mol. The van der Waals surface area contributed by atoms with Gasteiger partial charge in [0.15, 0.2) is 5.72 Å². The fourth-order valence-corrected chi connectivity index (χ4v) is 12.3. The number of benzene rings is 1. The van der Waals surface area contributed by atoms with E-state index in [1.54, 1.807) is 65.2 Å². The molecule has 2 saturated heterocycles. The number of pyridine rings is 1. The summed E-state index contributed by atoms with van der Waals surface area (Å²) in [4.78, 5) is 87.2. The number of aliphatic hydroxyl groups is 1. The van der Waals surface area contributed by atoms with Crippen molar-refractivity contribution in [2.45, 2.75) is 152 Å². The summed E-state index contributed by atoms with van der Waals surface area (Å²) in [6.45, 7) is 11.2. The molecule has 77 heavy (non-hydrogen) atoms. The van der Waals surface area contributed by atoms with Crippen LogP contribution in [0.5, 0.6) is 11.6 Å². The number of ether oxygens (including phenoxy) is 6. The summed E-state index contributed by atoms with van der Waals surface area (Å²) in [7, 11) is 10.5. The maximum Gasteiger partial charge on any atom is 0.409 e. The summed E-state index contributed by atoms with van der Waals surface area (Å²) >= 11 is 6.84. The zero-order chi connectivity index (χ0) is 56.4. The number of hydrogen-bond donors (Lipinski definition) is 4. The van der Waals surface area contributed by atoms with Crippen LogP contribution in [0.3, 0.4) is 0 Å². The molecule has 23 heteroatoms. The maximum atomic E-state index is 14.4. The number of esters is 1. The minimum atomic E-state index is -1.87. The Balaban J connectivity index is 1.07. The quantitative estimate of drug-likeness (QED) is 0.0403. The number of anilines is 1. The summed E-state index contributed by atoms with van der Waals surface area (Å²) in [6, 6.07) is 6.15. The average Bonchev–Trinajstić information content (AvgIpc) is 4.13. The van der Waals surface area contributed by atoms with Gasteiger partial charge < -0.3 is 48.6 Å². The Labute approximate surface area is 463 Å². The third-order valence-corrected chi connectivity index (χ3v) is 17.9. The molecule has 1 aromatic heterocycles. The Bertz CT molecular complexity index is 2620. The molecule has 20 nitrogen and oxygen atoms in total. The van der Waals surface area contributed by atoms with Crippen LogP contribution in [0.15, 0.2) is 53.2 Å². The molecular weight excluding hydrogens is 1050 g/mol. The predicted octanol–water partition coefficient (Wildman–Crippen LogP) is 6.61. The third-order valence-electron chi connectivity index (χ3n) is 14.3. The first-order valence-corrected chi connectivity index (χ1v) is 28.5. The van der Waals surface area contributed by atoms with Crippen molar-refractivity contribution >= 4 is 80.3 Å². The van der Waals surface area contributed by atoms with Crippen LogP contribution in [0.25, 0.3) is 0 Å². The topological polar surface area (TPSA) is 249 Å². The van der Waals surface area contributed by atoms with Gasteiger partial charge in [-0.1, -0.05) is 63.9 Å². The number of fused-ring (bicyclic) bond motifs is 6. The summed E-state index contributed by atoms with van der Waals surface area (Å²) in [5.41, 5.74) is 4.05. The second-order valence-corrected chi connectivity index (χ2v) is 24.2. The Hall–Kier alpha value is -5.39. The number of rotatable bonds is 18. The molecular formula is C54H74ClN7O13S2. The maximum absolute atomic E-state index is 14.4. The fraction of sp³-hybridized carbons (Fsp3) is 0.593. The van der Waals surface area contributed by atoms with Gasteiger partial charge in [-0.05, 0) is 90.5 Å². The molecule has 1 aromatic carbocycles. The first-order chi connectivity index (χ1) is 36.4. The van der Waals surface area contributed by atoms with Gasteiger partial charge in [0.1, 0.15) is 40.7 Å². The second kappa shape index (κ2) is 26.5. The van der Waals surface area contributed by atoms with Gasteiger partial charge in [-0.15, -0.1) is 0 Å². The van der Waals surface area contributed by atoms with Crippen molar-refractivity contribution in [3.05, 3.63) is 69.9 Å². The van der Waals surface area contributed by atoms with Crippen LogP contribution in [-0.4, -0.2) is 151 Å². The first-order valence-electron chi connectivity index (χ1n) is 25.8. The van der Waals surface area contributed by atoms with Gasteiger partial charge in [-0.2, -0.15) is 5.10 Å². The smallest absolute Gasteiger partial charge is 0.409 e. The van der Waals surface area contributed by atoms with Crippen molar-refractivity contribution in [2.24, 2.45) is 11.0 Å². The zero-order valence-electron chi connectivity index (χ0n) is 45.8. The van der Waals surface area contributed by atoms with Gasteiger partial charge in [-0.3, -0.25) is 24.5 Å². The van der Waals surface area contributed by atoms with Crippen LogP contribution in [0.1, 0.15) is 110 Å². The number of carbonyl (C=O) groups excluding carboxylic acids is 6. The molecule has 422 valence electrons. The van der Waals surface area contributed by atoms with Gasteiger partial charge in [0.25, 0.3) is 0 Å². The van der Waals surface area contributed by atoms with E-state index in [1.165, 1.54) is 52.7 Å². The molecule has 4 bridgehead atoms. The Morgan fingerprint density at radius 1 is 1.14 bits per heavy atom. The molecule has 6 rings (SSSR count). The number of carbonyl (C=O) groups is 6. The van der Waals surface area contributed by atoms with Crippen LogP contribution in [0, 0.1) is 5.92 Å². The van der Waals surface area contributed by atoms with E-state index in [4.69, 9.17) is 40.0 Å². The average molecular weight is 1130 g/mol. The standard InChI is InChI=1S/C54H74ClN7O13S2/c1-31-15-12-18-41(71-11)54(69)29-40(73-51(68)58-54)32(2)49-53(6,75-49)42(28-47(66)62(9)38-26-34(25-31)27-39(70-10)48(38)55)74-50(67)33(3)61(8)46(65)22-24-76-77-52(4,5)30-44(64)60-59-37-17-13-16-36-35(37)20-21-45(57-36)72-23-14-19-43(63)56-7/h12,15,18,20-21,26-27,32-33,40-42,49,69H,13-14,16-17,19,22-25,28-30H2,1-11H3,(H,56,63)(H,58,68)(H,60,64)/b18-12+,31-15+,59-37+/t32-,33+,40+,41-,42+,49+,53+,54+/m1/s1. The number of aromatic nitrogens is 1. The number of aryl methyl sites for hydroxylation is 1. The van der Waals surface area contributed by atoms with E-state index in [1.807, 2.05) is 32.9 Å². The number of hydrazone groups is 1. The minimum Gasteiger partial charge on any atom is -0.495 e. The highest BCUT2D eigenvalue weighted by molar-refractivity contribution is 8.77. The van der Waals surface area contributed by atoms with E-state index >= 15 is 0 Å². The highest BCUT2D eigenvalue weighted by Gasteiger charge is 2.64. The Morgan fingerprint density at radius 2 is 1.90 bits per heavy atom. The summed E-state index contributed by atoms with van der Waals surface area (Å²) in [5, 5.41) is 21.7. The fourth-order valence-electron chi connectivity index (χ4n) is 9.53. The summed E-state index contributed by atoms with van der Waals surface area (Å²) in [6.07, 6.45) is 3.98. The minimum absolute atomic E-state index is 0.0470. The Morgan fingerprint density at radius 3 is 2.61 bits per heavy atom. The molecule has 4 aliphatic rings. The van der Waals surface area contributed by atoms with Gasteiger partial charge in [0.05, 0.1) is 43.3 Å². The molecule has 0 spiro atoms. The molecule has 4 heterocycles. The predicted molar refractivity (Wildman–Crippen MR) is 295 cm³/mol. The lowest BCUT2D eigenvalue weighted by atomic mass is 9.83. The van der Waals surface area contributed by atoms with Crippen LogP contribution >= 0.6 is 33.2 Å². The Kier molecular flexibility index (Phi) is 20.9. The van der Waals surface area contributed by atoms with Crippen molar-refractivity contribution < 1.29 is 62.3 Å². The summed E-state index contributed by atoms with van der Waals surface area (Å²) in [5.74, 6) is -1.26. The number of halogens is 1. The lowest BCUT2D eigenvalue weighted by molar-refractivity contribution is -0.162. The highest BCUT2D eigenvalue weighted by atomic mass is 35.5. The normalized spacial score (nSPS) is 26.6. The molecule has 0 saturated carbocycles. The van der Waals surface area contributed by atoms with Gasteiger partial charge >= 0.3 is 12.1 Å². The lowest BCUT2D eigenvalue weighted by Crippen LogP contribution is -2.63. The van der Waals surface area contributed by atoms with Gasteiger partial charge in [-0.25, -0.2) is 20.0 Å². The molecule has 8 atom stereocenters. The number of allylic oxidation sites excluding steroid dienone is 3. The second-order valence-electron chi connectivity index (χ2n) is 20.7. The van der Waals surface area contributed by atoms with Crippen LogP contribution in [-0.2, 0) is 55.8 Å². The number of epoxide rings is 1. The van der Waals surface area contributed by atoms with Crippen molar-refractivity contribution in [2.75, 3.05) is 52.6 Å². The highest BCUT2D eigenvalue weighted by Crippen LogP contribution is 2.49. The lowest BCUT2D eigenvalue weighted by Gasteiger charge is -2.42. The summed E-state index contributed by atoms with van der Waals surface area (Å²) < 4.78 is 34.8. The number of hydrogen-bond acceptors (Lipinski definition) is 17. The number of amides is 5. The van der Waals surface area contributed by atoms with Gasteiger partial charge in [0, 0.05) is 82.0 Å². The van der Waals surface area contributed by atoms with Gasteiger partial charge in [0.2, 0.25) is 29.5 Å². The number of methoxy groups -OCH3 is 2. The number of nitrogens with one attached hydrogen (secondary N) is 3. The third kappa shape index (κ3) is 15.7. The van der Waals surface area contributed by atoms with Crippen molar-refractivity contribution in [3.8, 4) is 11.6 Å². The van der Waals surface area contributed by atoms with E-state index in [9.17, 15) is 33.9 Å². The largest absolute Gasteiger partial charge is 0.495 e. The molecule has 5 amide bonds. The molecule has 3 aliphatic heterocycles. The molecule has 1 aliphatic carbocycles. The molecule has 0 unspecified atom stereocenters. The number of alkyl carbamates (subject to hydrolysis) is 1. The molecule has 4 N–H and O–H groups in total. The SMILES string of the molecule is CNC(=O)CCCOc1ccc2c(n1)CCC/C2=N\NC(=O)CC(C)(C)SSCCC(=O)N(C)[C@@H](C)C(=O)O[C@H]1CC(=O)N(C)c2cc(cc(OC)c2Cl)C/C(C)=C/C=C/[C@@H](OC)[C@@]2(O)C[C@H](OC(=O)N2)[C@@H](C)[C@@H]2O[C@@]12C. The van der Waals surface area contributed by atoms with E-state index < -0.39 is 70.4 Å². The van der Waals surface area contributed by atoms with Crippen molar-refractivity contribution in [1.82, 2.24) is 25.9 Å². The van der Waals surface area contributed by atoms with E-state index in [0.29, 0.717) is 55.4 Å². The number of likely N-dealkylation sites (N-methyl/N-ethyl adjacent to an activating group) is 1. The van der Waals surface area contributed by atoms with Crippen LogP contribution in [0.4, 0.5) is 10.5 Å². The van der Waals surface area contributed by atoms with Crippen LogP contribution in [0.2, 0.25) is 5.02 Å². The van der Waals surface area contributed by atoms with Crippen molar-refractivity contribution in [1.29, 1.82) is 0 Å². The van der Waals surface area contributed by atoms with E-state index in [2.05, 4.69) is 26.1 Å². The molecule has 0 radical (unpaired) electrons. The molecule has 2 aromatic rings. The van der Waals surface area contributed by atoms with Crippen molar-refractivity contribution in [3.63, 3.8) is 0 Å². The zero-order valence-corrected chi connectivity index (χ0v) is 48.2. The number of nitrogens with zero attached hydrogens (tertiary/aromatic N) is 4. The van der Waals surface area contributed by atoms with E-state index in [0.717, 1.165) is 40.9 Å². The first kappa shape index (κ1) is 60.8.